The molecule has 6 nitrogen and oxygen atoms in total. The molecular weight excluding hydrogens is 357 g/mol. The maximum absolute atomic E-state index is 12.6. The van der Waals surface area contributed by atoms with Gasteiger partial charge in [-0.25, -0.2) is 4.98 Å². The lowest BCUT2D eigenvalue weighted by Crippen LogP contribution is -2.38. The van der Waals surface area contributed by atoms with E-state index in [1.807, 2.05) is 0 Å². The molecule has 0 radical (unpaired) electrons. The SMILES string of the molecule is Cc1noc(C2CCN(C(=O)c3cccnc3SC(F)(F)F)CC2)n1. The lowest BCUT2D eigenvalue weighted by Gasteiger charge is -2.30. The van der Waals surface area contributed by atoms with Crippen molar-refractivity contribution in [2.24, 2.45) is 0 Å². The summed E-state index contributed by atoms with van der Waals surface area (Å²) < 4.78 is 43.1. The number of carbonyl (C=O) groups is 1. The molecule has 1 aliphatic rings. The average Bonchev–Trinajstić information content (AvgIpc) is 3.00. The molecule has 1 fully saturated rings. The molecular formula is C15H15F3N4O2S. The van der Waals surface area contributed by atoms with Gasteiger partial charge in [-0.15, -0.1) is 0 Å². The van der Waals surface area contributed by atoms with Crippen molar-refractivity contribution in [3.63, 3.8) is 0 Å². The van der Waals surface area contributed by atoms with Gasteiger partial charge in [0.25, 0.3) is 5.91 Å². The second-order valence-corrected chi connectivity index (χ2v) is 6.70. The minimum atomic E-state index is -4.49. The number of nitrogens with zero attached hydrogens (tertiary/aromatic N) is 4. The average molecular weight is 372 g/mol. The quantitative estimate of drug-likeness (QED) is 0.769. The molecule has 0 bridgehead atoms. The molecule has 0 aromatic carbocycles. The molecule has 1 amide bonds. The monoisotopic (exact) mass is 372 g/mol. The molecule has 3 rings (SSSR count). The lowest BCUT2D eigenvalue weighted by molar-refractivity contribution is -0.0329. The predicted octanol–water partition coefficient (Wildman–Crippen LogP) is 3.40. The maximum atomic E-state index is 12.6. The van der Waals surface area contributed by atoms with Crippen LogP contribution in [0.5, 0.6) is 0 Å². The number of rotatable bonds is 3. The number of hydrogen-bond donors (Lipinski definition) is 0. The van der Waals surface area contributed by atoms with Crippen molar-refractivity contribution in [1.29, 1.82) is 0 Å². The zero-order valence-electron chi connectivity index (χ0n) is 13.3. The van der Waals surface area contributed by atoms with Gasteiger partial charge in [0.1, 0.15) is 5.03 Å². The van der Waals surface area contributed by atoms with Crippen LogP contribution in [-0.2, 0) is 0 Å². The highest BCUT2D eigenvalue weighted by atomic mass is 32.2. The van der Waals surface area contributed by atoms with Gasteiger partial charge in [0, 0.05) is 37.0 Å². The molecule has 0 N–H and O–H groups in total. The van der Waals surface area contributed by atoms with E-state index in [4.69, 9.17) is 4.52 Å². The van der Waals surface area contributed by atoms with Gasteiger partial charge in [-0.05, 0) is 31.9 Å². The van der Waals surface area contributed by atoms with Gasteiger partial charge in [-0.3, -0.25) is 4.79 Å². The second kappa shape index (κ2) is 7.03. The van der Waals surface area contributed by atoms with Crippen molar-refractivity contribution in [3.05, 3.63) is 35.6 Å². The summed E-state index contributed by atoms with van der Waals surface area (Å²) in [5, 5.41) is 3.43. The third-order valence-corrected chi connectivity index (χ3v) is 4.64. The summed E-state index contributed by atoms with van der Waals surface area (Å²) in [5.41, 5.74) is -4.52. The van der Waals surface area contributed by atoms with Crippen LogP contribution in [0.3, 0.4) is 0 Å². The molecule has 1 saturated heterocycles. The molecule has 1 aliphatic heterocycles. The highest BCUT2D eigenvalue weighted by molar-refractivity contribution is 8.00. The Morgan fingerprint density at radius 1 is 1.36 bits per heavy atom. The molecule has 0 unspecified atom stereocenters. The lowest BCUT2D eigenvalue weighted by atomic mass is 9.96. The zero-order chi connectivity index (χ0) is 18.0. The third kappa shape index (κ3) is 4.30. The van der Waals surface area contributed by atoms with E-state index in [1.165, 1.54) is 23.2 Å². The summed E-state index contributed by atoms with van der Waals surface area (Å²) in [4.78, 5) is 22.1. The van der Waals surface area contributed by atoms with E-state index in [1.54, 1.807) is 6.92 Å². The first kappa shape index (κ1) is 17.7. The molecule has 0 atom stereocenters. The van der Waals surface area contributed by atoms with E-state index in [9.17, 15) is 18.0 Å². The van der Waals surface area contributed by atoms with E-state index in [-0.39, 0.29) is 28.3 Å². The summed E-state index contributed by atoms with van der Waals surface area (Å²) in [6, 6.07) is 2.83. The number of pyridine rings is 1. The first-order valence-electron chi connectivity index (χ1n) is 7.64. The van der Waals surface area contributed by atoms with Crippen molar-refractivity contribution in [1.82, 2.24) is 20.0 Å². The second-order valence-electron chi connectivity index (χ2n) is 5.65. The van der Waals surface area contributed by atoms with E-state index in [2.05, 4.69) is 15.1 Å². The molecule has 0 spiro atoms. The summed E-state index contributed by atoms with van der Waals surface area (Å²) >= 11 is -0.372. The van der Waals surface area contributed by atoms with Crippen molar-refractivity contribution in [3.8, 4) is 0 Å². The van der Waals surface area contributed by atoms with Crippen LogP contribution >= 0.6 is 11.8 Å². The van der Waals surface area contributed by atoms with Gasteiger partial charge in [0.15, 0.2) is 5.82 Å². The molecule has 25 heavy (non-hydrogen) atoms. The zero-order valence-corrected chi connectivity index (χ0v) is 14.1. The maximum Gasteiger partial charge on any atom is 0.447 e. The number of aromatic nitrogens is 3. The third-order valence-electron chi connectivity index (χ3n) is 3.89. The Labute approximate surface area is 145 Å². The highest BCUT2D eigenvalue weighted by Crippen LogP contribution is 2.38. The number of halogens is 3. The predicted molar refractivity (Wildman–Crippen MR) is 83.1 cm³/mol. The Kier molecular flexibility index (Phi) is 4.98. The van der Waals surface area contributed by atoms with Gasteiger partial charge in [-0.1, -0.05) is 5.16 Å². The molecule has 0 saturated carbocycles. The summed E-state index contributed by atoms with van der Waals surface area (Å²) in [6.45, 7) is 2.56. The van der Waals surface area contributed by atoms with Crippen LogP contribution < -0.4 is 0 Å². The van der Waals surface area contributed by atoms with Crippen molar-refractivity contribution >= 4 is 17.7 Å². The standard InChI is InChI=1S/C15H15F3N4O2S/c1-9-20-12(24-21-9)10-4-7-22(8-5-10)14(23)11-3-2-6-19-13(11)25-15(16,17)18/h2-3,6,10H,4-5,7-8H2,1H3. The van der Waals surface area contributed by atoms with Gasteiger partial charge >= 0.3 is 5.51 Å². The van der Waals surface area contributed by atoms with E-state index >= 15 is 0 Å². The Balaban J connectivity index is 1.69. The molecule has 2 aromatic heterocycles. The fraction of sp³-hybridized carbons (Fsp3) is 0.467. The van der Waals surface area contributed by atoms with Crippen LogP contribution in [0.4, 0.5) is 13.2 Å². The number of aryl methyl sites for hydroxylation is 1. The normalized spacial score (nSPS) is 16.2. The van der Waals surface area contributed by atoms with Crippen LogP contribution in [0.2, 0.25) is 0 Å². The summed E-state index contributed by atoms with van der Waals surface area (Å²) in [6.07, 6.45) is 2.49. The Bertz CT molecular complexity index is 757. The number of hydrogen-bond acceptors (Lipinski definition) is 6. The largest absolute Gasteiger partial charge is 0.447 e. The van der Waals surface area contributed by atoms with Crippen molar-refractivity contribution in [2.75, 3.05) is 13.1 Å². The van der Waals surface area contributed by atoms with Crippen LogP contribution in [0.1, 0.15) is 40.8 Å². The van der Waals surface area contributed by atoms with Crippen molar-refractivity contribution in [2.45, 2.75) is 36.2 Å². The van der Waals surface area contributed by atoms with Gasteiger partial charge < -0.3 is 9.42 Å². The minimum absolute atomic E-state index is 0.0306. The van der Waals surface area contributed by atoms with E-state index < -0.39 is 11.4 Å². The number of alkyl halides is 3. The van der Waals surface area contributed by atoms with Crippen molar-refractivity contribution < 1.29 is 22.5 Å². The number of carbonyl (C=O) groups excluding carboxylic acids is 1. The van der Waals surface area contributed by atoms with E-state index in [0.717, 1.165) is 0 Å². The van der Waals surface area contributed by atoms with Gasteiger partial charge in [-0.2, -0.15) is 18.2 Å². The Morgan fingerprint density at radius 3 is 2.68 bits per heavy atom. The van der Waals surface area contributed by atoms with Gasteiger partial charge in [0.2, 0.25) is 5.89 Å². The fourth-order valence-electron chi connectivity index (χ4n) is 2.72. The van der Waals surface area contributed by atoms with Crippen LogP contribution in [0.25, 0.3) is 0 Å². The first-order chi connectivity index (χ1) is 11.8. The van der Waals surface area contributed by atoms with Gasteiger partial charge in [0.05, 0.1) is 5.56 Å². The summed E-state index contributed by atoms with van der Waals surface area (Å²) in [7, 11) is 0. The van der Waals surface area contributed by atoms with E-state index in [0.29, 0.717) is 37.6 Å². The van der Waals surface area contributed by atoms with Crippen LogP contribution in [0, 0.1) is 6.92 Å². The van der Waals surface area contributed by atoms with Crippen LogP contribution in [0.15, 0.2) is 27.9 Å². The minimum Gasteiger partial charge on any atom is -0.339 e. The molecule has 10 heteroatoms. The first-order valence-corrected chi connectivity index (χ1v) is 8.45. The number of thioether (sulfide) groups is 1. The highest BCUT2D eigenvalue weighted by Gasteiger charge is 2.34. The number of likely N-dealkylation sites (tertiary alicyclic amines) is 1. The number of piperidine rings is 1. The smallest absolute Gasteiger partial charge is 0.339 e. The van der Waals surface area contributed by atoms with Crippen LogP contribution in [-0.4, -0.2) is 44.5 Å². The molecule has 0 aliphatic carbocycles. The molecule has 3 heterocycles. The summed E-state index contributed by atoms with van der Waals surface area (Å²) in [5.74, 6) is 0.708. The number of amides is 1. The molecule has 2 aromatic rings. The Morgan fingerprint density at radius 2 is 2.08 bits per heavy atom. The molecule has 134 valence electrons. The topological polar surface area (TPSA) is 72.1 Å². The fourth-order valence-corrected chi connectivity index (χ4v) is 3.32. The Hall–Kier alpha value is -2.10.